The van der Waals surface area contributed by atoms with E-state index in [2.05, 4.69) is 27.0 Å². The molecule has 3 heterocycles. The van der Waals surface area contributed by atoms with Crippen molar-refractivity contribution >= 4 is 22.8 Å². The van der Waals surface area contributed by atoms with Gasteiger partial charge < -0.3 is 10.2 Å². The maximum absolute atomic E-state index is 11.2. The van der Waals surface area contributed by atoms with Gasteiger partial charge in [0.2, 0.25) is 0 Å². The van der Waals surface area contributed by atoms with Crippen LogP contribution in [0.3, 0.4) is 0 Å². The Balaban J connectivity index is 1.50. The number of piperidine rings is 1. The summed E-state index contributed by atoms with van der Waals surface area (Å²) >= 11 is 1.59. The van der Waals surface area contributed by atoms with Crippen LogP contribution < -0.4 is 5.32 Å². The van der Waals surface area contributed by atoms with Gasteiger partial charge in [0.05, 0.1) is 5.75 Å². The Kier molecular flexibility index (Phi) is 4.63. The highest BCUT2D eigenvalue weighted by Gasteiger charge is 2.30. The Hall–Kier alpha value is -0.590. The van der Waals surface area contributed by atoms with E-state index in [9.17, 15) is 4.79 Å². The molecule has 3 aliphatic rings. The molecule has 2 fully saturated rings. The van der Waals surface area contributed by atoms with E-state index in [1.165, 1.54) is 25.9 Å². The third-order valence-corrected chi connectivity index (χ3v) is 5.77. The molecule has 0 aliphatic carbocycles. The smallest absolute Gasteiger partial charge is 0.258 e. The monoisotopic (exact) mass is 296 g/mol. The summed E-state index contributed by atoms with van der Waals surface area (Å²) in [7, 11) is 0. The van der Waals surface area contributed by atoms with Crippen molar-refractivity contribution < 1.29 is 4.79 Å². The first-order chi connectivity index (χ1) is 9.74. The Morgan fingerprint density at radius 2 is 1.95 bits per heavy atom. The molecule has 1 amide bonds. The van der Waals surface area contributed by atoms with Crippen LogP contribution in [-0.4, -0.2) is 71.9 Å². The van der Waals surface area contributed by atoms with Gasteiger partial charge in [-0.1, -0.05) is 11.8 Å². The quantitative estimate of drug-likeness (QED) is 0.809. The molecule has 3 aliphatic heterocycles. The fourth-order valence-corrected chi connectivity index (χ4v) is 4.25. The first-order valence-electron chi connectivity index (χ1n) is 7.68. The van der Waals surface area contributed by atoms with Crippen molar-refractivity contribution in [3.8, 4) is 0 Å². The number of rotatable bonds is 2. The Bertz CT molecular complexity index is 387. The average Bonchev–Trinajstić information content (AvgIpc) is 2.94. The number of hydrogen-bond acceptors (Lipinski definition) is 5. The summed E-state index contributed by atoms with van der Waals surface area (Å²) in [4.78, 5) is 20.2. The zero-order valence-corrected chi connectivity index (χ0v) is 13.0. The predicted molar refractivity (Wildman–Crippen MR) is 83.1 cm³/mol. The normalized spacial score (nSPS) is 27.8. The number of amidine groups is 1. The van der Waals surface area contributed by atoms with Crippen molar-refractivity contribution in [2.45, 2.75) is 25.8 Å². The summed E-state index contributed by atoms with van der Waals surface area (Å²) in [6.45, 7) is 8.94. The minimum Gasteiger partial charge on any atom is -0.349 e. The predicted octanol–water partition coefficient (Wildman–Crippen LogP) is 0.622. The van der Waals surface area contributed by atoms with Gasteiger partial charge in [0.1, 0.15) is 0 Å². The van der Waals surface area contributed by atoms with Crippen LogP contribution in [0.5, 0.6) is 0 Å². The molecule has 1 unspecified atom stereocenters. The molecule has 6 heteroatoms. The number of carbonyl (C=O) groups is 1. The molecule has 0 aromatic heterocycles. The highest BCUT2D eigenvalue weighted by Crippen LogP contribution is 2.23. The zero-order chi connectivity index (χ0) is 13.9. The fraction of sp³-hybridized carbons (Fsp3) is 0.857. The number of amides is 1. The van der Waals surface area contributed by atoms with Gasteiger partial charge in [-0.3, -0.25) is 9.69 Å². The summed E-state index contributed by atoms with van der Waals surface area (Å²) in [5.41, 5.74) is 0. The molecule has 20 heavy (non-hydrogen) atoms. The third-order valence-electron chi connectivity index (χ3n) is 4.77. The van der Waals surface area contributed by atoms with Crippen LogP contribution >= 0.6 is 11.8 Å². The van der Waals surface area contributed by atoms with Crippen molar-refractivity contribution in [1.29, 1.82) is 0 Å². The molecule has 0 aromatic rings. The summed E-state index contributed by atoms with van der Waals surface area (Å²) in [5.74, 6) is 1.39. The van der Waals surface area contributed by atoms with E-state index >= 15 is 0 Å². The Morgan fingerprint density at radius 1 is 1.25 bits per heavy atom. The molecule has 1 N–H and O–H groups in total. The van der Waals surface area contributed by atoms with E-state index < -0.39 is 0 Å². The first kappa shape index (κ1) is 14.4. The van der Waals surface area contributed by atoms with Crippen LogP contribution in [-0.2, 0) is 4.79 Å². The highest BCUT2D eigenvalue weighted by molar-refractivity contribution is 8.14. The number of nitrogens with one attached hydrogen (secondary N) is 1. The van der Waals surface area contributed by atoms with E-state index in [-0.39, 0.29) is 5.91 Å². The van der Waals surface area contributed by atoms with E-state index in [4.69, 9.17) is 0 Å². The molecule has 112 valence electrons. The van der Waals surface area contributed by atoms with Crippen molar-refractivity contribution in [2.24, 2.45) is 10.9 Å². The molecule has 1 atom stereocenters. The first-order valence-corrected chi connectivity index (χ1v) is 8.66. The van der Waals surface area contributed by atoms with Crippen LogP contribution in [0.25, 0.3) is 0 Å². The lowest BCUT2D eigenvalue weighted by atomic mass is 9.90. The number of aliphatic imine (C=N–C) groups is 1. The lowest BCUT2D eigenvalue weighted by Crippen LogP contribution is -2.53. The molecule has 0 bridgehead atoms. The molecule has 5 nitrogen and oxygen atoms in total. The summed E-state index contributed by atoms with van der Waals surface area (Å²) < 4.78 is 0. The lowest BCUT2D eigenvalue weighted by Gasteiger charge is -2.42. The van der Waals surface area contributed by atoms with Gasteiger partial charge in [-0.15, -0.1) is 0 Å². The lowest BCUT2D eigenvalue weighted by molar-refractivity contribution is -0.115. The second-order valence-electron chi connectivity index (χ2n) is 5.93. The third kappa shape index (κ3) is 3.18. The van der Waals surface area contributed by atoms with Crippen molar-refractivity contribution in [2.75, 3.05) is 45.0 Å². The second-order valence-corrected chi connectivity index (χ2v) is 6.87. The number of thioether (sulfide) groups is 1. The van der Waals surface area contributed by atoms with Crippen LogP contribution in [0.1, 0.15) is 19.8 Å². The molecular weight excluding hydrogens is 272 g/mol. The Labute approximate surface area is 125 Å². The van der Waals surface area contributed by atoms with Gasteiger partial charge in [-0.25, -0.2) is 0 Å². The zero-order valence-electron chi connectivity index (χ0n) is 12.2. The molecule has 0 spiro atoms. The van der Waals surface area contributed by atoms with E-state index in [0.29, 0.717) is 11.8 Å². The van der Waals surface area contributed by atoms with Gasteiger partial charge in [-0.2, -0.15) is 4.99 Å². The van der Waals surface area contributed by atoms with Gasteiger partial charge >= 0.3 is 0 Å². The molecular formula is C14H24N4OS. The maximum Gasteiger partial charge on any atom is 0.258 e. The molecule has 2 saturated heterocycles. The van der Waals surface area contributed by atoms with Gasteiger partial charge in [0.25, 0.3) is 5.91 Å². The van der Waals surface area contributed by atoms with Crippen LogP contribution in [0.2, 0.25) is 0 Å². The van der Waals surface area contributed by atoms with Crippen molar-refractivity contribution in [3.05, 3.63) is 0 Å². The van der Waals surface area contributed by atoms with E-state index in [0.717, 1.165) is 37.3 Å². The Morgan fingerprint density at radius 3 is 2.55 bits per heavy atom. The molecule has 0 radical (unpaired) electrons. The topological polar surface area (TPSA) is 47.9 Å². The summed E-state index contributed by atoms with van der Waals surface area (Å²) in [6, 6.07) is 0.680. The van der Waals surface area contributed by atoms with Gasteiger partial charge in [0.15, 0.2) is 5.17 Å². The maximum atomic E-state index is 11.2. The van der Waals surface area contributed by atoms with E-state index in [1.54, 1.807) is 11.8 Å². The van der Waals surface area contributed by atoms with Crippen molar-refractivity contribution in [1.82, 2.24) is 15.1 Å². The summed E-state index contributed by atoms with van der Waals surface area (Å²) in [6.07, 6.45) is 2.61. The SMILES string of the molecule is CC(C1CCNCC1)N1CCN(C2=NC(=O)CS2)CC1. The number of carbonyl (C=O) groups excluding carboxylic acids is 1. The molecule has 0 aromatic carbocycles. The van der Waals surface area contributed by atoms with Gasteiger partial charge in [0, 0.05) is 32.2 Å². The van der Waals surface area contributed by atoms with Crippen LogP contribution in [0.15, 0.2) is 4.99 Å². The molecule has 0 saturated carbocycles. The van der Waals surface area contributed by atoms with E-state index in [1.807, 2.05) is 0 Å². The fourth-order valence-electron chi connectivity index (χ4n) is 3.40. The van der Waals surface area contributed by atoms with Crippen LogP contribution in [0.4, 0.5) is 0 Å². The minimum absolute atomic E-state index is 0.0236. The van der Waals surface area contributed by atoms with Gasteiger partial charge in [-0.05, 0) is 38.8 Å². The van der Waals surface area contributed by atoms with Crippen molar-refractivity contribution in [3.63, 3.8) is 0 Å². The largest absolute Gasteiger partial charge is 0.349 e. The van der Waals surface area contributed by atoms with Crippen LogP contribution in [0, 0.1) is 5.92 Å². The standard InChI is InChI=1S/C14H24N4OS/c1-11(12-2-4-15-5-3-12)17-6-8-18(9-7-17)14-16-13(19)10-20-14/h11-12,15H,2-10H2,1H3. The number of piperazine rings is 1. The minimum atomic E-state index is 0.0236. The summed E-state index contributed by atoms with van der Waals surface area (Å²) in [5, 5.41) is 4.39. The number of nitrogens with zero attached hydrogens (tertiary/aromatic N) is 3. The highest BCUT2D eigenvalue weighted by atomic mass is 32.2. The number of hydrogen-bond donors (Lipinski definition) is 1. The average molecular weight is 296 g/mol. The second kappa shape index (κ2) is 6.45. The molecule has 3 rings (SSSR count).